The van der Waals surface area contributed by atoms with E-state index in [0.717, 1.165) is 22.6 Å². The maximum Gasteiger partial charge on any atom is 0.159 e. The molecule has 0 N–H and O–H groups in total. The fraction of sp³-hybridized carbons (Fsp3) is 0.222. The lowest BCUT2D eigenvalue weighted by atomic mass is 10.0. The predicted molar refractivity (Wildman–Crippen MR) is 84.6 cm³/mol. The van der Waals surface area contributed by atoms with Crippen LogP contribution < -0.4 is 0 Å². The van der Waals surface area contributed by atoms with Crippen LogP contribution in [-0.4, -0.2) is 9.97 Å². The largest absolute Gasteiger partial charge is 0.236 e. The Kier molecular flexibility index (Phi) is 4.83. The number of allylic oxidation sites excluding steroid dienone is 4. The summed E-state index contributed by atoms with van der Waals surface area (Å²) in [5.74, 6) is 1.06. The van der Waals surface area contributed by atoms with Crippen molar-refractivity contribution in [3.8, 4) is 11.4 Å². The fourth-order valence-electron chi connectivity index (χ4n) is 2.08. The maximum atomic E-state index is 4.73. The van der Waals surface area contributed by atoms with Crippen LogP contribution in [0.4, 0.5) is 0 Å². The van der Waals surface area contributed by atoms with E-state index in [4.69, 9.17) is 4.98 Å². The van der Waals surface area contributed by atoms with Gasteiger partial charge in [-0.3, -0.25) is 0 Å². The second-order valence-electron chi connectivity index (χ2n) is 4.83. The van der Waals surface area contributed by atoms with Gasteiger partial charge in [0.1, 0.15) is 0 Å². The van der Waals surface area contributed by atoms with E-state index in [0.29, 0.717) is 0 Å². The molecular formula is C18H20N2. The second kappa shape index (κ2) is 6.80. The smallest absolute Gasteiger partial charge is 0.159 e. The zero-order valence-electron chi connectivity index (χ0n) is 12.2. The van der Waals surface area contributed by atoms with Crippen molar-refractivity contribution in [2.45, 2.75) is 26.7 Å². The zero-order valence-corrected chi connectivity index (χ0v) is 12.2. The number of aromatic nitrogens is 2. The van der Waals surface area contributed by atoms with Crippen molar-refractivity contribution in [2.75, 3.05) is 0 Å². The van der Waals surface area contributed by atoms with Crippen molar-refractivity contribution in [1.82, 2.24) is 9.97 Å². The van der Waals surface area contributed by atoms with E-state index >= 15 is 0 Å². The highest BCUT2D eigenvalue weighted by atomic mass is 14.9. The molecule has 1 aromatic carbocycles. The van der Waals surface area contributed by atoms with Gasteiger partial charge in [0.2, 0.25) is 0 Å². The molecule has 1 unspecified atom stereocenters. The molecule has 1 heterocycles. The third kappa shape index (κ3) is 3.41. The Labute approximate surface area is 120 Å². The van der Waals surface area contributed by atoms with E-state index in [-0.39, 0.29) is 5.92 Å². The van der Waals surface area contributed by atoms with Crippen molar-refractivity contribution >= 4 is 0 Å². The van der Waals surface area contributed by atoms with Crippen molar-refractivity contribution in [3.05, 3.63) is 72.1 Å². The molecule has 2 heteroatoms. The Morgan fingerprint density at radius 2 is 1.85 bits per heavy atom. The highest BCUT2D eigenvalue weighted by molar-refractivity contribution is 5.54. The Morgan fingerprint density at radius 3 is 2.55 bits per heavy atom. The van der Waals surface area contributed by atoms with Gasteiger partial charge < -0.3 is 0 Å². The summed E-state index contributed by atoms with van der Waals surface area (Å²) >= 11 is 0. The fourth-order valence-corrected chi connectivity index (χ4v) is 2.08. The van der Waals surface area contributed by atoms with Gasteiger partial charge in [0.25, 0.3) is 0 Å². The standard InChI is InChI=1S/C18H20N2/c1-4-5-7-10-14(2)17-15(3)13-19-18(20-17)16-11-8-6-9-12-16/h4-14H,1-3H3/b5-4-,10-7-. The van der Waals surface area contributed by atoms with Crippen LogP contribution in [0.3, 0.4) is 0 Å². The predicted octanol–water partition coefficient (Wildman–Crippen LogP) is 4.69. The summed E-state index contributed by atoms with van der Waals surface area (Å²) in [5, 5.41) is 0. The topological polar surface area (TPSA) is 25.8 Å². The van der Waals surface area contributed by atoms with Crippen LogP contribution in [0.25, 0.3) is 11.4 Å². The van der Waals surface area contributed by atoms with Gasteiger partial charge in [0, 0.05) is 17.7 Å². The van der Waals surface area contributed by atoms with E-state index in [9.17, 15) is 0 Å². The van der Waals surface area contributed by atoms with Gasteiger partial charge in [-0.1, -0.05) is 61.6 Å². The van der Waals surface area contributed by atoms with E-state index in [1.807, 2.05) is 55.6 Å². The maximum absolute atomic E-state index is 4.73. The minimum absolute atomic E-state index is 0.275. The van der Waals surface area contributed by atoms with Crippen LogP contribution in [-0.2, 0) is 0 Å². The van der Waals surface area contributed by atoms with Crippen molar-refractivity contribution in [2.24, 2.45) is 0 Å². The number of aryl methyl sites for hydroxylation is 1. The van der Waals surface area contributed by atoms with Gasteiger partial charge >= 0.3 is 0 Å². The Balaban J connectivity index is 2.34. The summed E-state index contributed by atoms with van der Waals surface area (Å²) in [5.41, 5.74) is 3.26. The van der Waals surface area contributed by atoms with Gasteiger partial charge in [-0.25, -0.2) is 9.97 Å². The number of nitrogens with zero attached hydrogens (tertiary/aromatic N) is 2. The first kappa shape index (κ1) is 14.2. The molecule has 102 valence electrons. The van der Waals surface area contributed by atoms with Crippen molar-refractivity contribution < 1.29 is 0 Å². The molecule has 1 atom stereocenters. The summed E-state index contributed by atoms with van der Waals surface area (Å²) in [6, 6.07) is 10.1. The molecule has 0 saturated carbocycles. The molecule has 1 aromatic heterocycles. The van der Waals surface area contributed by atoms with Gasteiger partial charge in [0.15, 0.2) is 5.82 Å². The molecular weight excluding hydrogens is 244 g/mol. The molecule has 0 aliphatic heterocycles. The molecule has 2 nitrogen and oxygen atoms in total. The van der Waals surface area contributed by atoms with Crippen LogP contribution in [0.1, 0.15) is 31.0 Å². The van der Waals surface area contributed by atoms with E-state index in [1.165, 1.54) is 0 Å². The first-order valence-corrected chi connectivity index (χ1v) is 6.91. The highest BCUT2D eigenvalue weighted by Gasteiger charge is 2.10. The highest BCUT2D eigenvalue weighted by Crippen LogP contribution is 2.22. The summed E-state index contributed by atoms with van der Waals surface area (Å²) < 4.78 is 0. The average Bonchev–Trinajstić information content (AvgIpc) is 2.49. The van der Waals surface area contributed by atoms with Gasteiger partial charge in [-0.15, -0.1) is 0 Å². The van der Waals surface area contributed by atoms with Gasteiger partial charge in [-0.2, -0.15) is 0 Å². The Bertz CT molecular complexity index is 613. The van der Waals surface area contributed by atoms with Crippen LogP contribution in [0.2, 0.25) is 0 Å². The van der Waals surface area contributed by atoms with Gasteiger partial charge in [0.05, 0.1) is 5.69 Å². The molecule has 2 rings (SSSR count). The van der Waals surface area contributed by atoms with Crippen LogP contribution in [0.15, 0.2) is 60.8 Å². The monoisotopic (exact) mass is 264 g/mol. The lowest BCUT2D eigenvalue weighted by Gasteiger charge is -2.11. The first-order chi connectivity index (χ1) is 9.72. The van der Waals surface area contributed by atoms with Crippen molar-refractivity contribution in [3.63, 3.8) is 0 Å². The minimum Gasteiger partial charge on any atom is -0.236 e. The lowest BCUT2D eigenvalue weighted by Crippen LogP contribution is -2.01. The number of hydrogen-bond acceptors (Lipinski definition) is 2. The zero-order chi connectivity index (χ0) is 14.4. The van der Waals surface area contributed by atoms with Crippen molar-refractivity contribution in [1.29, 1.82) is 0 Å². The molecule has 0 aliphatic rings. The van der Waals surface area contributed by atoms with E-state index < -0.39 is 0 Å². The summed E-state index contributed by atoms with van der Waals surface area (Å²) in [7, 11) is 0. The molecule has 0 bridgehead atoms. The summed E-state index contributed by atoms with van der Waals surface area (Å²) in [4.78, 5) is 9.17. The Hall–Kier alpha value is -2.22. The third-order valence-electron chi connectivity index (χ3n) is 3.18. The summed E-state index contributed by atoms with van der Waals surface area (Å²) in [6.45, 7) is 6.23. The van der Waals surface area contributed by atoms with Crippen LogP contribution >= 0.6 is 0 Å². The first-order valence-electron chi connectivity index (χ1n) is 6.91. The number of hydrogen-bond donors (Lipinski definition) is 0. The van der Waals surface area contributed by atoms with Crippen LogP contribution in [0.5, 0.6) is 0 Å². The molecule has 20 heavy (non-hydrogen) atoms. The molecule has 0 aliphatic carbocycles. The molecule has 0 radical (unpaired) electrons. The molecule has 0 saturated heterocycles. The molecule has 2 aromatic rings. The average molecular weight is 264 g/mol. The minimum atomic E-state index is 0.275. The van der Waals surface area contributed by atoms with E-state index in [2.05, 4.69) is 31.0 Å². The molecule has 0 fully saturated rings. The normalized spacial score (nSPS) is 13.2. The van der Waals surface area contributed by atoms with Gasteiger partial charge in [-0.05, 0) is 19.4 Å². The quantitative estimate of drug-likeness (QED) is 0.749. The Morgan fingerprint density at radius 1 is 1.10 bits per heavy atom. The van der Waals surface area contributed by atoms with E-state index in [1.54, 1.807) is 0 Å². The second-order valence-corrected chi connectivity index (χ2v) is 4.83. The third-order valence-corrected chi connectivity index (χ3v) is 3.18. The molecule has 0 spiro atoms. The number of benzene rings is 1. The lowest BCUT2D eigenvalue weighted by molar-refractivity contribution is 0.877. The summed E-state index contributed by atoms with van der Waals surface area (Å²) in [6.07, 6.45) is 10.2. The number of rotatable bonds is 4. The van der Waals surface area contributed by atoms with Crippen LogP contribution in [0, 0.1) is 6.92 Å². The molecule has 0 amide bonds. The SMILES string of the molecule is C/C=C\C=C/C(C)c1nc(-c2ccccc2)ncc1C.